The fraction of sp³-hybridized carbons (Fsp3) is 0.105. The minimum atomic E-state index is -0.667. The molecule has 4 rings (SSSR count). The first kappa shape index (κ1) is 16.4. The van der Waals surface area contributed by atoms with Crippen LogP contribution in [0.2, 0.25) is 0 Å². The predicted molar refractivity (Wildman–Crippen MR) is 102 cm³/mol. The molecular formula is C19H16N4O2S. The molecule has 0 radical (unpaired) electrons. The number of carbonyl (C=O) groups is 1. The van der Waals surface area contributed by atoms with E-state index < -0.39 is 6.10 Å². The molecule has 1 unspecified atom stereocenters. The van der Waals surface area contributed by atoms with E-state index >= 15 is 0 Å². The first-order valence-electron chi connectivity index (χ1n) is 8.03. The molecule has 0 bridgehead atoms. The zero-order valence-electron chi connectivity index (χ0n) is 14.0. The van der Waals surface area contributed by atoms with Gasteiger partial charge in [0.15, 0.2) is 16.9 Å². The molecule has 6 nitrogen and oxygen atoms in total. The average molecular weight is 364 g/mol. The highest BCUT2D eigenvalue weighted by Gasteiger charge is 2.20. The van der Waals surface area contributed by atoms with Gasteiger partial charge >= 0.3 is 0 Å². The zero-order chi connectivity index (χ0) is 17.9. The Hall–Kier alpha value is -3.03. The molecule has 0 aliphatic heterocycles. The van der Waals surface area contributed by atoms with Crippen molar-refractivity contribution in [1.29, 1.82) is 0 Å². The number of anilines is 1. The Labute approximate surface area is 153 Å². The van der Waals surface area contributed by atoms with E-state index in [0.29, 0.717) is 5.69 Å². The van der Waals surface area contributed by atoms with Crippen molar-refractivity contribution in [3.05, 3.63) is 65.7 Å². The summed E-state index contributed by atoms with van der Waals surface area (Å²) in [5, 5.41) is 5.64. The Kier molecular flexibility index (Phi) is 4.47. The summed E-state index contributed by atoms with van der Waals surface area (Å²) in [6, 6.07) is 14.9. The quantitative estimate of drug-likeness (QED) is 0.561. The van der Waals surface area contributed by atoms with Crippen LogP contribution in [0, 0.1) is 0 Å². The van der Waals surface area contributed by atoms with Crippen molar-refractivity contribution in [2.45, 2.75) is 6.10 Å². The van der Waals surface area contributed by atoms with Crippen LogP contribution in [0.25, 0.3) is 21.9 Å². The lowest BCUT2D eigenvalue weighted by Crippen LogP contribution is -2.22. The molecule has 0 aliphatic rings. The maximum Gasteiger partial charge on any atom is 0.258 e. The molecule has 1 amide bonds. The smallest absolute Gasteiger partial charge is 0.258 e. The predicted octanol–water partition coefficient (Wildman–Crippen LogP) is 4.01. The number of benzene rings is 2. The molecule has 26 heavy (non-hydrogen) atoms. The van der Waals surface area contributed by atoms with E-state index in [1.165, 1.54) is 18.4 Å². The third-order valence-corrected chi connectivity index (χ3v) is 4.74. The summed E-state index contributed by atoms with van der Waals surface area (Å²) in [4.78, 5) is 24.6. The zero-order valence-corrected chi connectivity index (χ0v) is 14.8. The number of thiazole rings is 1. The van der Waals surface area contributed by atoms with Gasteiger partial charge in [-0.1, -0.05) is 30.3 Å². The van der Waals surface area contributed by atoms with Crippen LogP contribution in [0.1, 0.15) is 11.7 Å². The summed E-state index contributed by atoms with van der Waals surface area (Å²) < 4.78 is 5.37. The van der Waals surface area contributed by atoms with Gasteiger partial charge in [0, 0.05) is 24.4 Å². The highest BCUT2D eigenvalue weighted by Crippen LogP contribution is 2.25. The van der Waals surface area contributed by atoms with E-state index in [1.807, 2.05) is 53.9 Å². The third kappa shape index (κ3) is 3.22. The van der Waals surface area contributed by atoms with Crippen molar-refractivity contribution in [2.24, 2.45) is 0 Å². The number of nitrogens with zero attached hydrogens (tertiary/aromatic N) is 2. The van der Waals surface area contributed by atoms with Crippen molar-refractivity contribution in [3.8, 4) is 10.8 Å². The van der Waals surface area contributed by atoms with Crippen LogP contribution in [0.15, 0.2) is 60.1 Å². The normalized spacial score (nSPS) is 12.2. The van der Waals surface area contributed by atoms with Gasteiger partial charge in [0.1, 0.15) is 0 Å². The number of rotatable bonds is 5. The summed E-state index contributed by atoms with van der Waals surface area (Å²) in [7, 11) is 1.52. The number of imidazole rings is 1. The second kappa shape index (κ2) is 7.07. The number of hydrogen-bond donors (Lipinski definition) is 2. The van der Waals surface area contributed by atoms with Crippen LogP contribution in [0.5, 0.6) is 0 Å². The standard InChI is InChI=1S/C19H16N4O2S/c1-25-16(12-5-3-2-4-6-12)18(24)21-13-7-8-14-15(11-13)23-17(22-14)19-20-9-10-26-19/h2-11,16H,1H3,(H,21,24)(H,22,23). The maximum absolute atomic E-state index is 12.6. The summed E-state index contributed by atoms with van der Waals surface area (Å²) in [6.45, 7) is 0. The maximum atomic E-state index is 12.6. The van der Waals surface area contributed by atoms with Crippen molar-refractivity contribution in [3.63, 3.8) is 0 Å². The van der Waals surface area contributed by atoms with E-state index in [0.717, 1.165) is 27.4 Å². The van der Waals surface area contributed by atoms with E-state index in [9.17, 15) is 4.79 Å². The monoisotopic (exact) mass is 364 g/mol. The van der Waals surface area contributed by atoms with E-state index in [-0.39, 0.29) is 5.91 Å². The van der Waals surface area contributed by atoms with E-state index in [4.69, 9.17) is 4.74 Å². The lowest BCUT2D eigenvalue weighted by molar-refractivity contribution is -0.126. The molecule has 0 aliphatic carbocycles. The number of amides is 1. The van der Waals surface area contributed by atoms with Gasteiger partial charge in [-0.05, 0) is 23.8 Å². The Morgan fingerprint density at radius 1 is 1.23 bits per heavy atom. The first-order valence-corrected chi connectivity index (χ1v) is 8.91. The molecule has 2 N–H and O–H groups in total. The first-order chi connectivity index (χ1) is 12.7. The Balaban J connectivity index is 1.57. The summed E-state index contributed by atoms with van der Waals surface area (Å²) >= 11 is 1.52. The van der Waals surface area contributed by atoms with Crippen LogP contribution in [0.4, 0.5) is 5.69 Å². The minimum Gasteiger partial charge on any atom is -0.367 e. The number of ether oxygens (including phenoxy) is 1. The number of H-pyrrole nitrogens is 1. The molecule has 4 aromatic rings. The molecule has 7 heteroatoms. The topological polar surface area (TPSA) is 79.9 Å². The van der Waals surface area contributed by atoms with Gasteiger partial charge < -0.3 is 15.0 Å². The second-order valence-electron chi connectivity index (χ2n) is 5.67. The molecular weight excluding hydrogens is 348 g/mol. The highest BCUT2D eigenvalue weighted by atomic mass is 32.1. The number of hydrogen-bond acceptors (Lipinski definition) is 5. The summed E-state index contributed by atoms with van der Waals surface area (Å²) in [6.07, 6.45) is 1.08. The fourth-order valence-corrected chi connectivity index (χ4v) is 3.34. The van der Waals surface area contributed by atoms with Gasteiger partial charge in [-0.25, -0.2) is 9.97 Å². The number of aromatic amines is 1. The van der Waals surface area contributed by atoms with Crippen molar-refractivity contribution < 1.29 is 9.53 Å². The SMILES string of the molecule is COC(C(=O)Nc1ccc2nc(-c3nccs3)[nH]c2c1)c1ccccc1. The molecule has 0 saturated heterocycles. The highest BCUT2D eigenvalue weighted by molar-refractivity contribution is 7.13. The lowest BCUT2D eigenvalue weighted by Gasteiger charge is -2.15. The Bertz CT molecular complexity index is 1030. The van der Waals surface area contributed by atoms with E-state index in [2.05, 4.69) is 20.3 Å². The largest absolute Gasteiger partial charge is 0.367 e. The Morgan fingerprint density at radius 2 is 2.08 bits per heavy atom. The summed E-state index contributed by atoms with van der Waals surface area (Å²) in [5.74, 6) is 0.496. The summed E-state index contributed by atoms with van der Waals surface area (Å²) in [5.41, 5.74) is 3.14. The molecule has 130 valence electrons. The third-order valence-electron chi connectivity index (χ3n) is 3.96. The molecule has 2 aromatic heterocycles. The number of fused-ring (bicyclic) bond motifs is 1. The van der Waals surface area contributed by atoms with Crippen LogP contribution >= 0.6 is 11.3 Å². The van der Waals surface area contributed by atoms with Gasteiger partial charge in [0.05, 0.1) is 11.0 Å². The van der Waals surface area contributed by atoms with Gasteiger partial charge in [-0.3, -0.25) is 4.79 Å². The number of nitrogens with one attached hydrogen (secondary N) is 2. The van der Waals surface area contributed by atoms with Crippen LogP contribution < -0.4 is 5.32 Å². The fourth-order valence-electron chi connectivity index (χ4n) is 2.76. The molecule has 1 atom stereocenters. The van der Waals surface area contributed by atoms with Gasteiger partial charge in [0.25, 0.3) is 5.91 Å². The van der Waals surface area contributed by atoms with Gasteiger partial charge in [-0.15, -0.1) is 11.3 Å². The average Bonchev–Trinajstić information content (AvgIpc) is 3.32. The molecule has 0 spiro atoms. The van der Waals surface area contributed by atoms with Crippen molar-refractivity contribution in [1.82, 2.24) is 15.0 Å². The molecule has 0 fully saturated rings. The minimum absolute atomic E-state index is 0.224. The van der Waals surface area contributed by atoms with Crippen LogP contribution in [-0.4, -0.2) is 28.0 Å². The molecule has 2 heterocycles. The number of aromatic nitrogens is 3. The number of methoxy groups -OCH3 is 1. The van der Waals surface area contributed by atoms with Crippen LogP contribution in [0.3, 0.4) is 0 Å². The molecule has 2 aromatic carbocycles. The van der Waals surface area contributed by atoms with Crippen molar-refractivity contribution >= 4 is 34.0 Å². The van der Waals surface area contributed by atoms with E-state index in [1.54, 1.807) is 6.20 Å². The number of carbonyl (C=O) groups excluding carboxylic acids is 1. The second-order valence-corrected chi connectivity index (χ2v) is 6.56. The van der Waals surface area contributed by atoms with Gasteiger partial charge in [0.2, 0.25) is 0 Å². The lowest BCUT2D eigenvalue weighted by atomic mass is 10.1. The van der Waals surface area contributed by atoms with Crippen molar-refractivity contribution in [2.75, 3.05) is 12.4 Å². The Morgan fingerprint density at radius 3 is 2.81 bits per heavy atom. The molecule has 0 saturated carbocycles. The van der Waals surface area contributed by atoms with Gasteiger partial charge in [-0.2, -0.15) is 0 Å². The van der Waals surface area contributed by atoms with Crippen LogP contribution in [-0.2, 0) is 9.53 Å².